The second kappa shape index (κ2) is 16.0. The molecule has 0 amide bonds. The smallest absolute Gasteiger partial charge is 0.433 e. The molecule has 6 nitrogen and oxygen atoms in total. The molecule has 1 aliphatic rings. The van der Waals surface area contributed by atoms with Gasteiger partial charge in [-0.1, -0.05) is 127 Å². The number of ether oxygens (including phenoxy) is 5. The standard InChI is InChI=1S/C39H36F3NO5/c40-39(41,42)33-22-13-23-34(43-33)48-38-35(31-20-11-4-12-21-31)47-32(27-44-24-28-14-5-1-6-15-28)36(45-25-29-16-7-2-8-17-29)37(38)46-26-30-18-9-3-10-19-30/h1-23,32,35-38H,24-27H2/t32-,35?,36+,37+,38+/m1/s1. The molecule has 5 aromatic rings. The molecule has 48 heavy (non-hydrogen) atoms. The van der Waals surface area contributed by atoms with Crippen molar-refractivity contribution in [2.24, 2.45) is 0 Å². The maximum atomic E-state index is 13.7. The topological polar surface area (TPSA) is 59.0 Å². The van der Waals surface area contributed by atoms with E-state index in [1.807, 2.05) is 121 Å². The molecule has 2 heterocycles. The molecule has 0 bridgehead atoms. The van der Waals surface area contributed by atoms with E-state index in [-0.39, 0.29) is 25.7 Å². The lowest BCUT2D eigenvalue weighted by Crippen LogP contribution is -2.59. The predicted octanol–water partition coefficient (Wildman–Crippen LogP) is 8.38. The Morgan fingerprint density at radius 1 is 0.562 bits per heavy atom. The van der Waals surface area contributed by atoms with Crippen molar-refractivity contribution in [3.05, 3.63) is 167 Å². The number of aromatic nitrogens is 1. The molecule has 0 saturated carbocycles. The highest BCUT2D eigenvalue weighted by Crippen LogP contribution is 2.39. The molecule has 0 spiro atoms. The summed E-state index contributed by atoms with van der Waals surface area (Å²) in [5.74, 6) is -0.201. The van der Waals surface area contributed by atoms with E-state index < -0.39 is 42.4 Å². The van der Waals surface area contributed by atoms with E-state index in [1.54, 1.807) is 0 Å². The SMILES string of the molecule is FC(F)(F)c1cccc(O[C@H]2C(c3ccccc3)O[C@H](COCc3ccccc3)[C@H](OCc3ccccc3)[C@@H]2OCc2ccccc2)n1. The van der Waals surface area contributed by atoms with Crippen LogP contribution >= 0.6 is 0 Å². The first kappa shape index (κ1) is 33.4. The van der Waals surface area contributed by atoms with Crippen molar-refractivity contribution in [1.29, 1.82) is 0 Å². The van der Waals surface area contributed by atoms with Crippen molar-refractivity contribution in [3.63, 3.8) is 0 Å². The summed E-state index contributed by atoms with van der Waals surface area (Å²) in [4.78, 5) is 3.82. The second-order valence-electron chi connectivity index (χ2n) is 11.5. The fourth-order valence-corrected chi connectivity index (χ4v) is 5.66. The zero-order valence-electron chi connectivity index (χ0n) is 26.1. The Labute approximate surface area is 278 Å². The van der Waals surface area contributed by atoms with Crippen molar-refractivity contribution in [2.45, 2.75) is 56.5 Å². The van der Waals surface area contributed by atoms with E-state index in [4.69, 9.17) is 23.7 Å². The monoisotopic (exact) mass is 655 g/mol. The fourth-order valence-electron chi connectivity index (χ4n) is 5.66. The van der Waals surface area contributed by atoms with Crippen LogP contribution in [0.3, 0.4) is 0 Å². The molecule has 0 radical (unpaired) electrons. The quantitative estimate of drug-likeness (QED) is 0.127. The summed E-state index contributed by atoms with van der Waals surface area (Å²) in [6.45, 7) is 0.953. The highest BCUT2D eigenvalue weighted by Gasteiger charge is 2.50. The zero-order chi connectivity index (χ0) is 33.2. The normalized spacial score (nSPS) is 21.1. The van der Waals surface area contributed by atoms with Crippen LogP contribution in [-0.4, -0.2) is 36.0 Å². The summed E-state index contributed by atoms with van der Waals surface area (Å²) in [7, 11) is 0. The van der Waals surface area contributed by atoms with Gasteiger partial charge in [0.1, 0.15) is 30.1 Å². The predicted molar refractivity (Wildman–Crippen MR) is 174 cm³/mol. The summed E-state index contributed by atoms with van der Waals surface area (Å²) in [6.07, 6.45) is -8.52. The molecule has 0 N–H and O–H groups in total. The zero-order valence-corrected chi connectivity index (χ0v) is 26.1. The van der Waals surface area contributed by atoms with Crippen molar-refractivity contribution >= 4 is 0 Å². The maximum absolute atomic E-state index is 13.7. The van der Waals surface area contributed by atoms with Gasteiger partial charge in [-0.25, -0.2) is 4.98 Å². The largest absolute Gasteiger partial charge is 0.468 e. The van der Waals surface area contributed by atoms with Gasteiger partial charge in [0.25, 0.3) is 0 Å². The van der Waals surface area contributed by atoms with E-state index in [1.165, 1.54) is 12.1 Å². The Bertz CT molecular complexity index is 1680. The van der Waals surface area contributed by atoms with Crippen molar-refractivity contribution in [3.8, 4) is 5.88 Å². The van der Waals surface area contributed by atoms with Gasteiger partial charge in [0.2, 0.25) is 5.88 Å². The average molecular weight is 656 g/mol. The highest BCUT2D eigenvalue weighted by atomic mass is 19.4. The van der Waals surface area contributed by atoms with Gasteiger partial charge in [0.15, 0.2) is 6.10 Å². The Balaban J connectivity index is 1.37. The van der Waals surface area contributed by atoms with E-state index >= 15 is 0 Å². The summed E-state index contributed by atoms with van der Waals surface area (Å²) in [5, 5.41) is 0. The maximum Gasteiger partial charge on any atom is 0.433 e. The lowest BCUT2D eigenvalue weighted by Gasteiger charge is -2.46. The van der Waals surface area contributed by atoms with E-state index in [0.717, 1.165) is 28.3 Å². The summed E-state index contributed by atoms with van der Waals surface area (Å²) in [5.41, 5.74) is 2.56. The number of hydrogen-bond acceptors (Lipinski definition) is 6. The number of nitrogens with zero attached hydrogens (tertiary/aromatic N) is 1. The van der Waals surface area contributed by atoms with Crippen LogP contribution in [0.2, 0.25) is 0 Å². The van der Waals surface area contributed by atoms with Gasteiger partial charge in [-0.05, 0) is 28.3 Å². The third-order valence-corrected chi connectivity index (χ3v) is 8.00. The van der Waals surface area contributed by atoms with Gasteiger partial charge in [-0.15, -0.1) is 0 Å². The number of rotatable bonds is 13. The van der Waals surface area contributed by atoms with Crippen LogP contribution in [0, 0.1) is 0 Å². The van der Waals surface area contributed by atoms with Crippen LogP contribution < -0.4 is 4.74 Å². The van der Waals surface area contributed by atoms with E-state index in [2.05, 4.69) is 4.98 Å². The third kappa shape index (κ3) is 8.87. The molecular weight excluding hydrogens is 619 g/mol. The van der Waals surface area contributed by atoms with Gasteiger partial charge in [-0.2, -0.15) is 13.2 Å². The molecule has 9 heteroatoms. The minimum absolute atomic E-state index is 0.164. The first-order chi connectivity index (χ1) is 23.4. The minimum atomic E-state index is -4.65. The average Bonchev–Trinajstić information content (AvgIpc) is 3.12. The van der Waals surface area contributed by atoms with E-state index in [9.17, 15) is 13.2 Å². The van der Waals surface area contributed by atoms with Crippen LogP contribution in [0.1, 0.15) is 34.1 Å². The Hall–Kier alpha value is -4.54. The van der Waals surface area contributed by atoms with Crippen molar-refractivity contribution in [2.75, 3.05) is 6.61 Å². The Morgan fingerprint density at radius 2 is 1.08 bits per heavy atom. The van der Waals surface area contributed by atoms with Gasteiger partial charge in [0, 0.05) is 6.07 Å². The lowest BCUT2D eigenvalue weighted by atomic mass is 9.90. The summed E-state index contributed by atoms with van der Waals surface area (Å²) < 4.78 is 73.7. The highest BCUT2D eigenvalue weighted by molar-refractivity contribution is 5.24. The molecule has 1 fully saturated rings. The molecule has 4 aromatic carbocycles. The molecule has 1 aromatic heterocycles. The van der Waals surface area contributed by atoms with Crippen LogP contribution in [0.4, 0.5) is 13.2 Å². The van der Waals surface area contributed by atoms with Crippen molar-refractivity contribution in [1.82, 2.24) is 4.98 Å². The molecule has 6 rings (SSSR count). The lowest BCUT2D eigenvalue weighted by molar-refractivity contribution is -0.258. The number of halogens is 3. The van der Waals surface area contributed by atoms with Gasteiger partial charge >= 0.3 is 6.18 Å². The number of benzene rings is 4. The van der Waals surface area contributed by atoms with Crippen LogP contribution in [0.25, 0.3) is 0 Å². The fraction of sp³-hybridized carbons (Fsp3) is 0.256. The third-order valence-electron chi connectivity index (χ3n) is 8.00. The van der Waals surface area contributed by atoms with Gasteiger partial charge in [0.05, 0.1) is 26.4 Å². The van der Waals surface area contributed by atoms with E-state index in [0.29, 0.717) is 6.61 Å². The number of alkyl halides is 3. The van der Waals surface area contributed by atoms with Crippen LogP contribution in [0.5, 0.6) is 5.88 Å². The second-order valence-corrected chi connectivity index (χ2v) is 11.5. The number of hydrogen-bond donors (Lipinski definition) is 0. The summed E-state index contributed by atoms with van der Waals surface area (Å²) in [6, 6.07) is 42.1. The van der Waals surface area contributed by atoms with Crippen molar-refractivity contribution < 1.29 is 36.9 Å². The van der Waals surface area contributed by atoms with Crippen LogP contribution in [-0.2, 0) is 44.9 Å². The molecule has 248 valence electrons. The first-order valence-electron chi connectivity index (χ1n) is 15.8. The molecule has 0 aliphatic carbocycles. The molecule has 1 saturated heterocycles. The molecule has 5 atom stereocenters. The Morgan fingerprint density at radius 3 is 1.65 bits per heavy atom. The van der Waals surface area contributed by atoms with Gasteiger partial charge in [-0.3, -0.25) is 0 Å². The summed E-state index contributed by atoms with van der Waals surface area (Å²) >= 11 is 0. The molecule has 1 unspecified atom stereocenters. The van der Waals surface area contributed by atoms with Gasteiger partial charge < -0.3 is 23.7 Å². The molecule has 1 aliphatic heterocycles. The minimum Gasteiger partial charge on any atom is -0.468 e. The Kier molecular flexibility index (Phi) is 11.1. The first-order valence-corrected chi connectivity index (χ1v) is 15.8. The molecular formula is C39H36F3NO5. The van der Waals surface area contributed by atoms with Crippen LogP contribution in [0.15, 0.2) is 140 Å². The number of pyridine rings is 1.